The number of hydrogen-bond donors (Lipinski definition) is 1. The van der Waals surface area contributed by atoms with Crippen molar-refractivity contribution in [3.8, 4) is 33.9 Å². The summed E-state index contributed by atoms with van der Waals surface area (Å²) in [6.07, 6.45) is 16.4. The maximum atomic E-state index is 6.54. The average Bonchev–Trinajstić information content (AvgIpc) is 3.86. The Kier molecular flexibility index (Phi) is 16.0. The number of halogens is 2. The molecule has 0 radical (unpaired) electrons. The second kappa shape index (κ2) is 21.5. The minimum atomic E-state index is 0.237. The highest BCUT2D eigenvalue weighted by atomic mass is 79.9. The van der Waals surface area contributed by atoms with Crippen LogP contribution >= 0.6 is 31.9 Å². The van der Waals surface area contributed by atoms with E-state index in [2.05, 4.69) is 174 Å². The molecule has 298 valence electrons. The van der Waals surface area contributed by atoms with Crippen LogP contribution < -0.4 is 9.47 Å². The van der Waals surface area contributed by atoms with Crippen LogP contribution in [0.5, 0.6) is 11.5 Å². The van der Waals surface area contributed by atoms with Crippen molar-refractivity contribution in [2.24, 2.45) is 9.98 Å². The van der Waals surface area contributed by atoms with Crippen LogP contribution in [0.4, 0.5) is 5.82 Å². The number of nitrogens with zero attached hydrogens (tertiary/aromatic N) is 2. The van der Waals surface area contributed by atoms with Crippen LogP contribution in [0.15, 0.2) is 128 Å². The highest BCUT2D eigenvalue weighted by Crippen LogP contribution is 2.38. The van der Waals surface area contributed by atoms with Crippen molar-refractivity contribution in [3.05, 3.63) is 129 Å². The molecular formula is C50H57Br2N3O2. The van der Waals surface area contributed by atoms with E-state index in [1.54, 1.807) is 0 Å². The van der Waals surface area contributed by atoms with Crippen LogP contribution in [0, 0.1) is 0 Å². The topological polar surface area (TPSA) is 59.0 Å². The van der Waals surface area contributed by atoms with Crippen molar-refractivity contribution in [3.63, 3.8) is 0 Å². The third kappa shape index (κ3) is 11.9. The molecule has 57 heavy (non-hydrogen) atoms. The molecule has 5 nitrogen and oxygen atoms in total. The van der Waals surface area contributed by atoms with E-state index in [0.29, 0.717) is 5.84 Å². The number of allylic oxidation sites excluding steroid dienone is 1. The van der Waals surface area contributed by atoms with Gasteiger partial charge in [0.1, 0.15) is 17.3 Å². The largest absolute Gasteiger partial charge is 0.490 e. The molecule has 0 atom stereocenters. The normalized spacial score (nSPS) is 13.4. The lowest BCUT2D eigenvalue weighted by Gasteiger charge is -2.19. The van der Waals surface area contributed by atoms with E-state index in [0.717, 1.165) is 96.7 Å². The first-order valence-corrected chi connectivity index (χ1v) is 22.6. The van der Waals surface area contributed by atoms with Gasteiger partial charge in [-0.3, -0.25) is 0 Å². The Labute approximate surface area is 357 Å². The van der Waals surface area contributed by atoms with Crippen LogP contribution in [-0.2, 0) is 0 Å². The summed E-state index contributed by atoms with van der Waals surface area (Å²) in [5.41, 5.74) is 8.03. The molecule has 0 saturated heterocycles. The van der Waals surface area contributed by atoms with Gasteiger partial charge in [0.15, 0.2) is 5.84 Å². The van der Waals surface area contributed by atoms with Crippen molar-refractivity contribution < 1.29 is 9.47 Å². The number of aromatic nitrogens is 1. The van der Waals surface area contributed by atoms with Gasteiger partial charge in [0.05, 0.1) is 17.9 Å². The Bertz CT molecular complexity index is 2080. The molecule has 0 fully saturated rings. The molecule has 0 aliphatic carbocycles. The Morgan fingerprint density at radius 2 is 1.00 bits per heavy atom. The summed E-state index contributed by atoms with van der Waals surface area (Å²) in [4.78, 5) is 14.2. The van der Waals surface area contributed by atoms with E-state index in [9.17, 15) is 0 Å². The van der Waals surface area contributed by atoms with E-state index < -0.39 is 0 Å². The maximum Gasteiger partial charge on any atom is 0.162 e. The number of unbranched alkanes of at least 4 members (excludes halogenated alkanes) is 4. The van der Waals surface area contributed by atoms with Gasteiger partial charge in [0.25, 0.3) is 0 Å². The SMILES string of the molecule is CCCCC(CCCC)Oc1ccc(C2=CC(c3ccc(Br)cc3)=N/C2=N\c2[nH]c(-c3ccc(Br)cc3)cc2-c2ccc(OC(CCCC)CCCC)cc2)cc1. The van der Waals surface area contributed by atoms with Gasteiger partial charge < -0.3 is 14.5 Å². The number of aromatic amines is 1. The van der Waals surface area contributed by atoms with Gasteiger partial charge in [0, 0.05) is 31.3 Å². The smallest absolute Gasteiger partial charge is 0.162 e. The zero-order chi connectivity index (χ0) is 40.0. The molecule has 1 aromatic heterocycles. The fourth-order valence-electron chi connectivity index (χ4n) is 7.18. The molecule has 0 unspecified atom stereocenters. The fraction of sp³-hybridized carbons (Fsp3) is 0.360. The maximum absolute atomic E-state index is 6.54. The summed E-state index contributed by atoms with van der Waals surface area (Å²) < 4.78 is 15.2. The van der Waals surface area contributed by atoms with E-state index in [1.807, 2.05) is 0 Å². The highest BCUT2D eigenvalue weighted by molar-refractivity contribution is 9.10. The number of rotatable bonds is 21. The monoisotopic (exact) mass is 889 g/mol. The van der Waals surface area contributed by atoms with Crippen molar-refractivity contribution >= 4 is 54.8 Å². The Morgan fingerprint density at radius 1 is 0.561 bits per heavy atom. The third-order valence-corrected chi connectivity index (χ3v) is 11.6. The van der Waals surface area contributed by atoms with Crippen molar-refractivity contribution in [2.75, 3.05) is 0 Å². The van der Waals surface area contributed by atoms with Gasteiger partial charge in [-0.05, 0) is 103 Å². The van der Waals surface area contributed by atoms with Crippen molar-refractivity contribution in [1.82, 2.24) is 4.98 Å². The third-order valence-electron chi connectivity index (χ3n) is 10.5. The van der Waals surface area contributed by atoms with Gasteiger partial charge >= 0.3 is 0 Å². The summed E-state index contributed by atoms with van der Waals surface area (Å²) >= 11 is 7.20. The Hall–Kier alpha value is -4.20. The van der Waals surface area contributed by atoms with E-state index in [-0.39, 0.29) is 12.2 Å². The second-order valence-electron chi connectivity index (χ2n) is 15.0. The summed E-state index contributed by atoms with van der Waals surface area (Å²) in [6, 6.07) is 35.8. The average molecular weight is 892 g/mol. The fourth-order valence-corrected chi connectivity index (χ4v) is 7.71. The molecule has 1 aliphatic heterocycles. The zero-order valence-electron chi connectivity index (χ0n) is 34.0. The van der Waals surface area contributed by atoms with Crippen LogP contribution in [0.3, 0.4) is 0 Å². The number of H-pyrrole nitrogens is 1. The van der Waals surface area contributed by atoms with E-state index in [1.165, 1.54) is 51.4 Å². The molecule has 1 N–H and O–H groups in total. The molecule has 2 heterocycles. The Balaban J connectivity index is 1.37. The first kappa shape index (κ1) is 42.4. The first-order valence-electron chi connectivity index (χ1n) is 21.1. The number of nitrogens with one attached hydrogen (secondary N) is 1. The predicted octanol–water partition coefficient (Wildman–Crippen LogP) is 15.7. The number of ether oxygens (including phenoxy) is 2. The lowest BCUT2D eigenvalue weighted by atomic mass is 10.0. The molecule has 7 heteroatoms. The zero-order valence-corrected chi connectivity index (χ0v) is 37.2. The van der Waals surface area contributed by atoms with Crippen LogP contribution in [0.25, 0.3) is 28.0 Å². The standard InChI is InChI=1S/C50H57Br2N3O2/c1-5-9-13-41(14-10-6-2)56-43-29-21-35(22-30-43)45-33-47(37-17-25-39(51)26-18-37)53-49(45)55-50-46(34-48(54-50)38-19-27-40(52)28-20-38)36-23-31-44(32-24-36)57-42(15-11-7-3)16-12-8-4/h17-34,41-42,53H,5-16H2,1-4H3/b55-50-. The minimum absolute atomic E-state index is 0.237. The summed E-state index contributed by atoms with van der Waals surface area (Å²) in [5.74, 6) is 3.22. The number of amidine groups is 1. The van der Waals surface area contributed by atoms with Crippen LogP contribution in [0.1, 0.15) is 116 Å². The van der Waals surface area contributed by atoms with Gasteiger partial charge in [-0.15, -0.1) is 0 Å². The lowest BCUT2D eigenvalue weighted by molar-refractivity contribution is 0.174. The molecule has 0 bridgehead atoms. The van der Waals surface area contributed by atoms with Gasteiger partial charge in [-0.25, -0.2) is 9.98 Å². The molecule has 5 aromatic rings. The molecular weight excluding hydrogens is 834 g/mol. The summed E-state index contributed by atoms with van der Waals surface area (Å²) in [7, 11) is 0. The number of hydrogen-bond acceptors (Lipinski definition) is 3. The molecule has 0 spiro atoms. The molecule has 0 amide bonds. The second-order valence-corrected chi connectivity index (χ2v) is 16.9. The van der Waals surface area contributed by atoms with Gasteiger partial charge in [-0.2, -0.15) is 0 Å². The number of aliphatic imine (C=N–C) groups is 2. The van der Waals surface area contributed by atoms with Crippen molar-refractivity contribution in [1.29, 1.82) is 0 Å². The van der Waals surface area contributed by atoms with E-state index >= 15 is 0 Å². The van der Waals surface area contributed by atoms with Crippen LogP contribution in [-0.4, -0.2) is 28.7 Å². The van der Waals surface area contributed by atoms with E-state index in [4.69, 9.17) is 19.5 Å². The molecule has 1 aliphatic rings. The quantitative estimate of drug-likeness (QED) is 0.0798. The molecule has 6 rings (SSSR count). The van der Waals surface area contributed by atoms with Gasteiger partial charge in [-0.1, -0.05) is 159 Å². The first-order chi connectivity index (χ1) is 27.9. The summed E-state index contributed by atoms with van der Waals surface area (Å²) in [6.45, 7) is 8.97. The van der Waals surface area contributed by atoms with Gasteiger partial charge in [0.2, 0.25) is 0 Å². The number of benzene rings is 4. The lowest BCUT2D eigenvalue weighted by Crippen LogP contribution is -2.16. The predicted molar refractivity (Wildman–Crippen MR) is 248 cm³/mol. The van der Waals surface area contributed by atoms with Crippen molar-refractivity contribution in [2.45, 2.75) is 117 Å². The molecule has 0 saturated carbocycles. The Morgan fingerprint density at radius 3 is 1.47 bits per heavy atom. The van der Waals surface area contributed by atoms with Crippen LogP contribution in [0.2, 0.25) is 0 Å². The minimum Gasteiger partial charge on any atom is -0.490 e. The molecule has 4 aromatic carbocycles. The summed E-state index contributed by atoms with van der Waals surface area (Å²) in [5, 5.41) is 0. The highest BCUT2D eigenvalue weighted by Gasteiger charge is 2.22.